The molecule has 2 amide bonds. The van der Waals surface area contributed by atoms with Gasteiger partial charge < -0.3 is 15.6 Å². The normalized spacial score (nSPS) is 19.6. The molecule has 1 saturated carbocycles. The molecule has 0 unspecified atom stereocenters. The smallest absolute Gasteiger partial charge is 0.334 e. The Balaban J connectivity index is 1.63. The number of nitrogens with one attached hydrogen (secondary N) is 3. The second-order valence-electron chi connectivity index (χ2n) is 5.59. The zero-order valence-electron chi connectivity index (χ0n) is 12.4. The van der Waals surface area contributed by atoms with Crippen LogP contribution in [0.2, 0.25) is 0 Å². The summed E-state index contributed by atoms with van der Waals surface area (Å²) in [5.74, 6) is 0.178. The van der Waals surface area contributed by atoms with Crippen molar-refractivity contribution in [1.29, 1.82) is 0 Å². The Bertz CT molecular complexity index is 802. The van der Waals surface area contributed by atoms with Gasteiger partial charge >= 0.3 is 12.2 Å². The Morgan fingerprint density at radius 1 is 1.21 bits per heavy atom. The minimum Gasteiger partial charge on any atom is -0.334 e. The third kappa shape index (κ3) is 3.58. The number of hydrogen-bond donors (Lipinski definition) is 3. The number of aromatic amines is 1. The predicted octanol–water partition coefficient (Wildman–Crippen LogP) is 3.07. The number of carbonyl (C=O) groups excluding carboxylic acids is 1. The van der Waals surface area contributed by atoms with Crippen LogP contribution in [0.3, 0.4) is 0 Å². The van der Waals surface area contributed by atoms with Crippen LogP contribution in [-0.4, -0.2) is 17.1 Å². The number of rotatable bonds is 3. The van der Waals surface area contributed by atoms with E-state index in [0.29, 0.717) is 12.3 Å². The van der Waals surface area contributed by atoms with Crippen LogP contribution >= 0.6 is 0 Å². The average Bonchev–Trinajstić information content (AvgIpc) is 3.28. The van der Waals surface area contributed by atoms with E-state index < -0.39 is 29.0 Å². The van der Waals surface area contributed by atoms with E-state index in [1.807, 2.05) is 35.3 Å². The van der Waals surface area contributed by atoms with E-state index in [1.165, 1.54) is 0 Å². The van der Waals surface area contributed by atoms with Crippen molar-refractivity contribution < 1.29 is 18.0 Å². The first-order chi connectivity index (χ1) is 11.3. The number of hydrogen-bond acceptors (Lipinski definition) is 2. The number of benzene rings is 1. The number of halogens is 3. The molecule has 24 heavy (non-hydrogen) atoms. The number of anilines is 1. The highest BCUT2D eigenvalue weighted by atomic mass is 19.4. The second kappa shape index (κ2) is 6.03. The highest BCUT2D eigenvalue weighted by molar-refractivity contribution is 5.89. The number of carbonyl (C=O) groups is 1. The maximum atomic E-state index is 12.6. The predicted molar refractivity (Wildman–Crippen MR) is 81.8 cm³/mol. The highest BCUT2D eigenvalue weighted by Crippen LogP contribution is 2.40. The number of urea groups is 1. The standard InChI is InChI=1S/C16H14F3N3O2/c17-16(18,19)10-6-13(14(23)20-8-10)22-15(24)21-12-7-11(12)9-4-2-1-3-5-9/h1-6,8,11-12H,7H2,(H,20,23)(H2,21,22,24)/t11-,12-/m1/s1. The molecule has 0 spiro atoms. The molecular formula is C16H14F3N3O2. The summed E-state index contributed by atoms with van der Waals surface area (Å²) in [4.78, 5) is 25.4. The summed E-state index contributed by atoms with van der Waals surface area (Å²) in [5.41, 5.74) is -1.20. The monoisotopic (exact) mass is 337 g/mol. The van der Waals surface area contributed by atoms with E-state index in [2.05, 4.69) is 10.6 Å². The average molecular weight is 337 g/mol. The number of alkyl halides is 3. The molecule has 1 fully saturated rings. The summed E-state index contributed by atoms with van der Waals surface area (Å²) >= 11 is 0. The van der Waals surface area contributed by atoms with Crippen molar-refractivity contribution in [3.05, 3.63) is 64.1 Å². The number of aromatic nitrogens is 1. The van der Waals surface area contributed by atoms with E-state index in [9.17, 15) is 22.8 Å². The molecule has 8 heteroatoms. The van der Waals surface area contributed by atoms with Gasteiger partial charge in [0.05, 0.1) is 5.56 Å². The molecule has 3 N–H and O–H groups in total. The fourth-order valence-electron chi connectivity index (χ4n) is 2.49. The molecule has 2 aromatic rings. The summed E-state index contributed by atoms with van der Waals surface area (Å²) in [7, 11) is 0. The Morgan fingerprint density at radius 3 is 2.58 bits per heavy atom. The number of pyridine rings is 1. The van der Waals surface area contributed by atoms with Crippen molar-refractivity contribution >= 4 is 11.7 Å². The molecule has 0 bridgehead atoms. The van der Waals surface area contributed by atoms with Gasteiger partial charge in [0.2, 0.25) is 0 Å². The molecule has 5 nitrogen and oxygen atoms in total. The Kier molecular flexibility index (Phi) is 4.04. The largest absolute Gasteiger partial charge is 0.417 e. The summed E-state index contributed by atoms with van der Waals surface area (Å²) in [6, 6.07) is 9.38. The maximum absolute atomic E-state index is 12.6. The molecule has 1 aliphatic carbocycles. The third-order valence-corrected chi connectivity index (χ3v) is 3.81. The minimum absolute atomic E-state index is 0.0997. The van der Waals surface area contributed by atoms with Gasteiger partial charge in [-0.15, -0.1) is 0 Å². The molecule has 0 radical (unpaired) electrons. The van der Waals surface area contributed by atoms with Crippen LogP contribution in [-0.2, 0) is 6.18 Å². The van der Waals surface area contributed by atoms with Crippen molar-refractivity contribution in [2.45, 2.75) is 24.6 Å². The van der Waals surface area contributed by atoms with E-state index in [-0.39, 0.29) is 12.0 Å². The van der Waals surface area contributed by atoms with Gasteiger partial charge in [-0.1, -0.05) is 30.3 Å². The molecule has 2 atom stereocenters. The van der Waals surface area contributed by atoms with Gasteiger partial charge in [-0.05, 0) is 18.1 Å². The van der Waals surface area contributed by atoms with Gasteiger partial charge in [0, 0.05) is 18.2 Å². The molecule has 0 saturated heterocycles. The third-order valence-electron chi connectivity index (χ3n) is 3.81. The van der Waals surface area contributed by atoms with Crippen LogP contribution in [0.15, 0.2) is 47.4 Å². The molecule has 1 aromatic heterocycles. The van der Waals surface area contributed by atoms with Gasteiger partial charge in [0.25, 0.3) is 5.56 Å². The zero-order valence-corrected chi connectivity index (χ0v) is 12.4. The van der Waals surface area contributed by atoms with Gasteiger partial charge in [-0.3, -0.25) is 4.79 Å². The fraction of sp³-hybridized carbons (Fsp3) is 0.250. The molecule has 126 valence electrons. The fourth-order valence-corrected chi connectivity index (χ4v) is 2.49. The molecular weight excluding hydrogens is 323 g/mol. The quantitative estimate of drug-likeness (QED) is 0.805. The molecule has 3 rings (SSSR count). The molecule has 1 heterocycles. The van der Waals surface area contributed by atoms with Gasteiger partial charge in [0.15, 0.2) is 0 Å². The maximum Gasteiger partial charge on any atom is 0.417 e. The van der Waals surface area contributed by atoms with Crippen molar-refractivity contribution in [2.24, 2.45) is 0 Å². The van der Waals surface area contributed by atoms with Crippen LogP contribution in [0.25, 0.3) is 0 Å². The van der Waals surface area contributed by atoms with Crippen LogP contribution < -0.4 is 16.2 Å². The topological polar surface area (TPSA) is 74.0 Å². The first-order valence-electron chi connectivity index (χ1n) is 7.27. The summed E-state index contributed by atoms with van der Waals surface area (Å²) < 4.78 is 37.9. The van der Waals surface area contributed by atoms with Gasteiger partial charge in [0.1, 0.15) is 5.69 Å². The van der Waals surface area contributed by atoms with Gasteiger partial charge in [-0.25, -0.2) is 4.79 Å². The van der Waals surface area contributed by atoms with Crippen molar-refractivity contribution in [3.8, 4) is 0 Å². The lowest BCUT2D eigenvalue weighted by Gasteiger charge is -2.10. The van der Waals surface area contributed by atoms with Crippen molar-refractivity contribution in [2.75, 3.05) is 5.32 Å². The lowest BCUT2D eigenvalue weighted by Crippen LogP contribution is -2.33. The summed E-state index contributed by atoms with van der Waals surface area (Å²) in [5, 5.41) is 4.82. The molecule has 0 aliphatic heterocycles. The van der Waals surface area contributed by atoms with Crippen molar-refractivity contribution in [3.63, 3.8) is 0 Å². The first kappa shape index (κ1) is 16.1. The van der Waals surface area contributed by atoms with Crippen molar-refractivity contribution in [1.82, 2.24) is 10.3 Å². The highest BCUT2D eigenvalue weighted by Gasteiger charge is 2.39. The van der Waals surface area contributed by atoms with E-state index in [0.717, 1.165) is 12.0 Å². The SMILES string of the molecule is O=C(Nc1cc(C(F)(F)F)c[nH]c1=O)N[C@@H]1C[C@@H]1c1ccccc1. The van der Waals surface area contributed by atoms with Gasteiger partial charge in [-0.2, -0.15) is 13.2 Å². The van der Waals surface area contributed by atoms with E-state index in [1.54, 1.807) is 0 Å². The zero-order chi connectivity index (χ0) is 17.3. The van der Waals surface area contributed by atoms with Crippen LogP contribution in [0.5, 0.6) is 0 Å². The second-order valence-corrected chi connectivity index (χ2v) is 5.59. The molecule has 1 aromatic carbocycles. The Labute approximate surface area is 134 Å². The Morgan fingerprint density at radius 2 is 1.92 bits per heavy atom. The number of amides is 2. The van der Waals surface area contributed by atoms with Crippen LogP contribution in [0.4, 0.5) is 23.7 Å². The molecule has 1 aliphatic rings. The lowest BCUT2D eigenvalue weighted by molar-refractivity contribution is -0.137. The summed E-state index contributed by atoms with van der Waals surface area (Å²) in [6.07, 6.45) is -3.29. The van der Waals surface area contributed by atoms with E-state index >= 15 is 0 Å². The first-order valence-corrected chi connectivity index (χ1v) is 7.27. The van der Waals surface area contributed by atoms with E-state index in [4.69, 9.17) is 0 Å². The van der Waals surface area contributed by atoms with Crippen LogP contribution in [0, 0.1) is 0 Å². The summed E-state index contributed by atoms with van der Waals surface area (Å²) in [6.45, 7) is 0. The minimum atomic E-state index is -4.61. The lowest BCUT2D eigenvalue weighted by atomic mass is 10.1. The van der Waals surface area contributed by atoms with Crippen LogP contribution in [0.1, 0.15) is 23.5 Å². The number of H-pyrrole nitrogens is 1. The Hall–Kier alpha value is -2.77.